The SMILES string of the molecule is CC(C)CCC(C(=O)O)c1ccc(CC(C)C)cc1C(CCC(C)C)C(=O)O. The Labute approximate surface area is 170 Å². The summed E-state index contributed by atoms with van der Waals surface area (Å²) >= 11 is 0. The van der Waals surface area contributed by atoms with E-state index in [0.717, 1.165) is 24.8 Å². The maximum Gasteiger partial charge on any atom is 0.310 e. The molecule has 0 aliphatic carbocycles. The lowest BCUT2D eigenvalue weighted by atomic mass is 9.80. The fourth-order valence-electron chi connectivity index (χ4n) is 3.67. The summed E-state index contributed by atoms with van der Waals surface area (Å²) in [5, 5.41) is 19.8. The summed E-state index contributed by atoms with van der Waals surface area (Å²) in [6.45, 7) is 12.6. The zero-order valence-electron chi connectivity index (χ0n) is 18.4. The van der Waals surface area contributed by atoms with E-state index in [4.69, 9.17) is 0 Å². The number of hydrogen-bond donors (Lipinski definition) is 2. The first kappa shape index (κ1) is 24.2. The summed E-state index contributed by atoms with van der Waals surface area (Å²) < 4.78 is 0. The van der Waals surface area contributed by atoms with Crippen molar-refractivity contribution in [3.8, 4) is 0 Å². The topological polar surface area (TPSA) is 74.6 Å². The molecule has 0 aromatic heterocycles. The quantitative estimate of drug-likeness (QED) is 0.452. The summed E-state index contributed by atoms with van der Waals surface area (Å²) in [6.07, 6.45) is 3.51. The van der Waals surface area contributed by atoms with E-state index in [1.54, 1.807) is 0 Å². The van der Waals surface area contributed by atoms with Gasteiger partial charge in [0.1, 0.15) is 0 Å². The second-order valence-electron chi connectivity index (χ2n) is 9.29. The third kappa shape index (κ3) is 7.65. The fourth-order valence-corrected chi connectivity index (χ4v) is 3.67. The molecule has 1 aromatic carbocycles. The van der Waals surface area contributed by atoms with E-state index < -0.39 is 23.8 Å². The van der Waals surface area contributed by atoms with Crippen LogP contribution in [0.15, 0.2) is 18.2 Å². The highest BCUT2D eigenvalue weighted by Gasteiger charge is 2.29. The van der Waals surface area contributed by atoms with Crippen molar-refractivity contribution in [3.05, 3.63) is 34.9 Å². The Balaban J connectivity index is 3.43. The van der Waals surface area contributed by atoms with Crippen LogP contribution in [0.1, 0.15) is 95.8 Å². The zero-order chi connectivity index (χ0) is 21.4. The molecule has 1 aromatic rings. The van der Waals surface area contributed by atoms with Gasteiger partial charge in [-0.2, -0.15) is 0 Å². The lowest BCUT2D eigenvalue weighted by molar-refractivity contribution is -0.140. The predicted octanol–water partition coefficient (Wildman–Crippen LogP) is 6.09. The van der Waals surface area contributed by atoms with Crippen LogP contribution >= 0.6 is 0 Å². The van der Waals surface area contributed by atoms with Gasteiger partial charge in [0.2, 0.25) is 0 Å². The number of carbonyl (C=O) groups is 2. The molecule has 0 heterocycles. The molecule has 28 heavy (non-hydrogen) atoms. The van der Waals surface area contributed by atoms with E-state index in [2.05, 4.69) is 41.5 Å². The molecular weight excluding hydrogens is 352 g/mol. The van der Waals surface area contributed by atoms with Crippen molar-refractivity contribution < 1.29 is 19.8 Å². The molecule has 0 radical (unpaired) electrons. The molecule has 2 N–H and O–H groups in total. The van der Waals surface area contributed by atoms with Crippen molar-refractivity contribution >= 4 is 11.9 Å². The van der Waals surface area contributed by atoms with E-state index >= 15 is 0 Å². The minimum Gasteiger partial charge on any atom is -0.481 e. The normalized spacial score (nSPS) is 13.9. The number of aliphatic carboxylic acids is 2. The molecule has 0 aliphatic heterocycles. The Bertz CT molecular complexity index is 646. The van der Waals surface area contributed by atoms with Crippen LogP contribution in [0, 0.1) is 17.8 Å². The third-order valence-electron chi connectivity index (χ3n) is 5.21. The molecule has 0 aliphatic rings. The number of hydrogen-bond acceptors (Lipinski definition) is 2. The van der Waals surface area contributed by atoms with E-state index in [1.165, 1.54) is 0 Å². The van der Waals surface area contributed by atoms with Crippen LogP contribution in [0.5, 0.6) is 0 Å². The molecule has 0 spiro atoms. The molecule has 1 rings (SSSR count). The minimum atomic E-state index is -0.869. The third-order valence-corrected chi connectivity index (χ3v) is 5.21. The lowest BCUT2D eigenvalue weighted by Crippen LogP contribution is -2.20. The molecule has 4 heteroatoms. The van der Waals surface area contributed by atoms with Gasteiger partial charge in [0.15, 0.2) is 0 Å². The number of carboxylic acid groups (broad SMARTS) is 2. The Kier molecular flexibility index (Phi) is 9.71. The van der Waals surface area contributed by atoms with Crippen molar-refractivity contribution in [2.24, 2.45) is 17.8 Å². The van der Waals surface area contributed by atoms with Gasteiger partial charge in [0.05, 0.1) is 11.8 Å². The van der Waals surface area contributed by atoms with Crippen LogP contribution < -0.4 is 0 Å². The Morgan fingerprint density at radius 1 is 0.714 bits per heavy atom. The summed E-state index contributed by atoms with van der Waals surface area (Å²) in [6, 6.07) is 5.81. The molecule has 0 bridgehead atoms. The summed E-state index contributed by atoms with van der Waals surface area (Å²) in [5.41, 5.74) is 2.46. The van der Waals surface area contributed by atoms with Gasteiger partial charge in [-0.1, -0.05) is 59.7 Å². The number of benzene rings is 1. The molecule has 0 saturated carbocycles. The van der Waals surface area contributed by atoms with Crippen LogP contribution in [0.2, 0.25) is 0 Å². The van der Waals surface area contributed by atoms with Gasteiger partial charge in [0.25, 0.3) is 0 Å². The van der Waals surface area contributed by atoms with Crippen LogP contribution in [0.3, 0.4) is 0 Å². The minimum absolute atomic E-state index is 0.403. The molecule has 0 saturated heterocycles. The van der Waals surface area contributed by atoms with Crippen molar-refractivity contribution in [2.75, 3.05) is 0 Å². The molecule has 158 valence electrons. The highest BCUT2D eigenvalue weighted by atomic mass is 16.4. The van der Waals surface area contributed by atoms with Crippen molar-refractivity contribution in [3.63, 3.8) is 0 Å². The molecule has 4 nitrogen and oxygen atoms in total. The van der Waals surface area contributed by atoms with E-state index in [1.807, 2.05) is 18.2 Å². The molecule has 0 amide bonds. The maximum atomic E-state index is 12.1. The smallest absolute Gasteiger partial charge is 0.310 e. The monoisotopic (exact) mass is 390 g/mol. The second kappa shape index (κ2) is 11.2. The van der Waals surface area contributed by atoms with E-state index in [9.17, 15) is 19.8 Å². The number of carboxylic acids is 2. The average Bonchev–Trinajstić information content (AvgIpc) is 2.55. The predicted molar refractivity (Wildman–Crippen MR) is 114 cm³/mol. The van der Waals surface area contributed by atoms with Gasteiger partial charge >= 0.3 is 11.9 Å². The molecular formula is C24H38O4. The van der Waals surface area contributed by atoms with Gasteiger partial charge in [0, 0.05) is 0 Å². The molecule has 2 unspecified atom stereocenters. The Hall–Kier alpha value is -1.84. The highest BCUT2D eigenvalue weighted by Crippen LogP contribution is 2.35. The van der Waals surface area contributed by atoms with Gasteiger partial charge in [-0.25, -0.2) is 0 Å². The highest BCUT2D eigenvalue weighted by molar-refractivity contribution is 5.80. The van der Waals surface area contributed by atoms with Crippen molar-refractivity contribution in [1.29, 1.82) is 0 Å². The first-order valence-corrected chi connectivity index (χ1v) is 10.6. The van der Waals surface area contributed by atoms with Gasteiger partial charge in [-0.3, -0.25) is 9.59 Å². The van der Waals surface area contributed by atoms with E-state index in [0.29, 0.717) is 41.7 Å². The van der Waals surface area contributed by atoms with Crippen LogP contribution in [0.4, 0.5) is 0 Å². The summed E-state index contributed by atoms with van der Waals surface area (Å²) in [5.74, 6) is -1.80. The van der Waals surface area contributed by atoms with Crippen molar-refractivity contribution in [2.45, 2.75) is 85.5 Å². The zero-order valence-corrected chi connectivity index (χ0v) is 18.4. The molecule has 2 atom stereocenters. The van der Waals surface area contributed by atoms with Crippen molar-refractivity contribution in [1.82, 2.24) is 0 Å². The average molecular weight is 391 g/mol. The Morgan fingerprint density at radius 2 is 1.18 bits per heavy atom. The van der Waals surface area contributed by atoms with Gasteiger partial charge < -0.3 is 10.2 Å². The summed E-state index contributed by atoms with van der Waals surface area (Å²) in [7, 11) is 0. The molecule has 0 fully saturated rings. The van der Waals surface area contributed by atoms with Crippen LogP contribution in [-0.4, -0.2) is 22.2 Å². The first-order chi connectivity index (χ1) is 13.0. The number of rotatable bonds is 12. The van der Waals surface area contributed by atoms with Crippen LogP contribution in [0.25, 0.3) is 0 Å². The fraction of sp³-hybridized carbons (Fsp3) is 0.667. The lowest BCUT2D eigenvalue weighted by Gasteiger charge is -2.23. The van der Waals surface area contributed by atoms with Gasteiger partial charge in [-0.15, -0.1) is 0 Å². The Morgan fingerprint density at radius 3 is 1.57 bits per heavy atom. The van der Waals surface area contributed by atoms with Crippen LogP contribution in [-0.2, 0) is 16.0 Å². The second-order valence-corrected chi connectivity index (χ2v) is 9.29. The largest absolute Gasteiger partial charge is 0.481 e. The summed E-state index contributed by atoms with van der Waals surface area (Å²) in [4.78, 5) is 24.1. The van der Waals surface area contributed by atoms with Gasteiger partial charge in [-0.05, 0) is 66.5 Å². The maximum absolute atomic E-state index is 12.1. The van der Waals surface area contributed by atoms with E-state index in [-0.39, 0.29) is 0 Å². The standard InChI is InChI=1S/C24H38O4/c1-15(2)7-10-20(23(25)26)19-12-9-18(13-17(5)6)14-22(19)21(24(27)28)11-8-16(3)4/h9,12,14-17,20-21H,7-8,10-11,13H2,1-6H3,(H,25,26)(H,27,28). The first-order valence-electron chi connectivity index (χ1n) is 10.6.